The van der Waals surface area contributed by atoms with Crippen molar-refractivity contribution in [3.05, 3.63) is 29.5 Å². The van der Waals surface area contributed by atoms with Crippen molar-refractivity contribution in [1.29, 1.82) is 0 Å². The van der Waals surface area contributed by atoms with E-state index < -0.39 is 0 Å². The average Bonchev–Trinajstić information content (AvgIpc) is 3.16. The molecule has 0 aliphatic heterocycles. The molecule has 1 saturated carbocycles. The van der Waals surface area contributed by atoms with Crippen LogP contribution in [0.4, 0.5) is 0 Å². The largest absolute Gasteiger partial charge is 0.462 e. The van der Waals surface area contributed by atoms with E-state index in [2.05, 4.69) is 10.3 Å². The minimum atomic E-state index is -0.0790. The maximum absolute atomic E-state index is 12.1. The van der Waals surface area contributed by atoms with Gasteiger partial charge >= 0.3 is 0 Å². The molecular formula is C15H18N2O2S. The van der Waals surface area contributed by atoms with E-state index in [1.165, 1.54) is 43.4 Å². The van der Waals surface area contributed by atoms with Gasteiger partial charge < -0.3 is 9.73 Å². The van der Waals surface area contributed by atoms with Crippen molar-refractivity contribution in [2.75, 3.05) is 6.54 Å². The second-order valence-electron chi connectivity index (χ2n) is 5.23. The van der Waals surface area contributed by atoms with Gasteiger partial charge in [0.1, 0.15) is 5.69 Å². The van der Waals surface area contributed by atoms with Crippen molar-refractivity contribution < 1.29 is 9.21 Å². The highest BCUT2D eigenvalue weighted by Gasteiger charge is 2.17. The number of amides is 1. The minimum absolute atomic E-state index is 0.0790. The van der Waals surface area contributed by atoms with Crippen molar-refractivity contribution in [2.24, 2.45) is 5.92 Å². The van der Waals surface area contributed by atoms with Crippen LogP contribution in [0.1, 0.15) is 42.6 Å². The van der Waals surface area contributed by atoms with E-state index >= 15 is 0 Å². The van der Waals surface area contributed by atoms with Crippen LogP contribution in [-0.4, -0.2) is 17.4 Å². The molecule has 0 spiro atoms. The number of hydrogen-bond acceptors (Lipinski definition) is 4. The van der Waals surface area contributed by atoms with Crippen LogP contribution in [0.3, 0.4) is 0 Å². The number of nitrogens with one attached hydrogen (secondary N) is 1. The van der Waals surface area contributed by atoms with E-state index in [1.807, 2.05) is 12.1 Å². The van der Waals surface area contributed by atoms with Crippen LogP contribution >= 0.6 is 11.3 Å². The molecule has 2 aromatic heterocycles. The zero-order valence-corrected chi connectivity index (χ0v) is 12.1. The highest BCUT2D eigenvalue weighted by atomic mass is 32.1. The number of carbonyl (C=O) groups is 1. The summed E-state index contributed by atoms with van der Waals surface area (Å²) in [5.74, 6) is 1.27. The summed E-state index contributed by atoms with van der Waals surface area (Å²) in [6, 6.07) is 3.67. The Balaban J connectivity index is 1.57. The lowest BCUT2D eigenvalue weighted by atomic mass is 9.89. The molecular weight excluding hydrogens is 272 g/mol. The van der Waals surface area contributed by atoms with Crippen LogP contribution in [0.2, 0.25) is 0 Å². The SMILES string of the molecule is O=C(NCC1CCCCC1)c1csc(-c2ccco2)n1. The van der Waals surface area contributed by atoms with Gasteiger partial charge in [-0.2, -0.15) is 0 Å². The second kappa shape index (κ2) is 6.22. The number of rotatable bonds is 4. The summed E-state index contributed by atoms with van der Waals surface area (Å²) in [5.41, 5.74) is 0.484. The lowest BCUT2D eigenvalue weighted by Gasteiger charge is -2.21. The first kappa shape index (κ1) is 13.4. The lowest BCUT2D eigenvalue weighted by Crippen LogP contribution is -2.30. The lowest BCUT2D eigenvalue weighted by molar-refractivity contribution is 0.0939. The zero-order valence-electron chi connectivity index (χ0n) is 11.3. The van der Waals surface area contributed by atoms with Crippen LogP contribution < -0.4 is 5.32 Å². The van der Waals surface area contributed by atoms with E-state index in [-0.39, 0.29) is 5.91 Å². The molecule has 1 aliphatic carbocycles. The van der Waals surface area contributed by atoms with E-state index in [4.69, 9.17) is 4.42 Å². The molecule has 0 saturated heterocycles. The Morgan fingerprint density at radius 2 is 2.25 bits per heavy atom. The number of furan rings is 1. The Labute approximate surface area is 122 Å². The first-order chi connectivity index (χ1) is 9.83. The molecule has 106 valence electrons. The molecule has 3 rings (SSSR count). The van der Waals surface area contributed by atoms with Gasteiger partial charge in [0.2, 0.25) is 0 Å². The average molecular weight is 290 g/mol. The van der Waals surface area contributed by atoms with Crippen LogP contribution in [0.5, 0.6) is 0 Å². The van der Waals surface area contributed by atoms with Crippen LogP contribution in [0, 0.1) is 5.92 Å². The van der Waals surface area contributed by atoms with E-state index in [0.717, 1.165) is 11.6 Å². The van der Waals surface area contributed by atoms with Crippen molar-refractivity contribution in [1.82, 2.24) is 10.3 Å². The summed E-state index contributed by atoms with van der Waals surface area (Å²) in [7, 11) is 0. The normalized spacial score (nSPS) is 16.2. The molecule has 1 fully saturated rings. The molecule has 0 bridgehead atoms. The molecule has 0 radical (unpaired) electrons. The summed E-state index contributed by atoms with van der Waals surface area (Å²) in [5, 5.41) is 5.54. The van der Waals surface area contributed by atoms with Gasteiger partial charge in [0.15, 0.2) is 10.8 Å². The monoisotopic (exact) mass is 290 g/mol. The maximum atomic E-state index is 12.1. The van der Waals surface area contributed by atoms with E-state index in [1.54, 1.807) is 11.6 Å². The molecule has 5 heteroatoms. The third-order valence-electron chi connectivity index (χ3n) is 3.74. The molecule has 2 heterocycles. The first-order valence-electron chi connectivity index (χ1n) is 7.10. The Hall–Kier alpha value is -1.62. The van der Waals surface area contributed by atoms with Gasteiger partial charge in [0, 0.05) is 11.9 Å². The smallest absolute Gasteiger partial charge is 0.270 e. The fraction of sp³-hybridized carbons (Fsp3) is 0.467. The quantitative estimate of drug-likeness (QED) is 0.933. The molecule has 1 N–H and O–H groups in total. The highest BCUT2D eigenvalue weighted by molar-refractivity contribution is 7.13. The molecule has 2 aromatic rings. The van der Waals surface area contributed by atoms with Gasteiger partial charge in [0.05, 0.1) is 6.26 Å². The topological polar surface area (TPSA) is 55.1 Å². The summed E-state index contributed by atoms with van der Waals surface area (Å²) < 4.78 is 5.28. The Bertz CT molecular complexity index is 556. The summed E-state index contributed by atoms with van der Waals surface area (Å²) >= 11 is 1.43. The Morgan fingerprint density at radius 3 is 3.00 bits per heavy atom. The number of thiazole rings is 1. The fourth-order valence-corrected chi connectivity index (χ4v) is 3.38. The standard InChI is InChI=1S/C15H18N2O2S/c18-14(16-9-11-5-2-1-3-6-11)12-10-20-15(17-12)13-7-4-8-19-13/h4,7-8,10-11H,1-3,5-6,9H2,(H,16,18). The van der Waals surface area contributed by atoms with Crippen molar-refractivity contribution in [2.45, 2.75) is 32.1 Å². The second-order valence-corrected chi connectivity index (χ2v) is 6.09. The number of aromatic nitrogens is 1. The van der Waals surface area contributed by atoms with Gasteiger partial charge in [-0.25, -0.2) is 4.98 Å². The van der Waals surface area contributed by atoms with Gasteiger partial charge in [-0.15, -0.1) is 11.3 Å². The molecule has 0 unspecified atom stereocenters. The molecule has 0 aromatic carbocycles. The molecule has 1 aliphatic rings. The Morgan fingerprint density at radius 1 is 1.40 bits per heavy atom. The number of hydrogen-bond donors (Lipinski definition) is 1. The van der Waals surface area contributed by atoms with E-state index in [0.29, 0.717) is 17.4 Å². The summed E-state index contributed by atoms with van der Waals surface area (Å²) in [6.45, 7) is 0.770. The third kappa shape index (κ3) is 3.10. The number of carbonyl (C=O) groups excluding carboxylic acids is 1. The van der Waals surface area contributed by atoms with Crippen LogP contribution in [-0.2, 0) is 0 Å². The third-order valence-corrected chi connectivity index (χ3v) is 4.60. The van der Waals surface area contributed by atoms with E-state index in [9.17, 15) is 4.79 Å². The minimum Gasteiger partial charge on any atom is -0.462 e. The zero-order chi connectivity index (χ0) is 13.8. The van der Waals surface area contributed by atoms with Gasteiger partial charge in [-0.3, -0.25) is 4.79 Å². The molecule has 0 atom stereocenters. The van der Waals surface area contributed by atoms with Gasteiger partial charge in [0.25, 0.3) is 5.91 Å². The van der Waals surface area contributed by atoms with Gasteiger partial charge in [-0.05, 0) is 30.9 Å². The van der Waals surface area contributed by atoms with Crippen molar-refractivity contribution in [3.63, 3.8) is 0 Å². The van der Waals surface area contributed by atoms with Crippen LogP contribution in [0.15, 0.2) is 28.2 Å². The summed E-state index contributed by atoms with van der Waals surface area (Å²) in [4.78, 5) is 16.4. The van der Waals surface area contributed by atoms with Crippen molar-refractivity contribution >= 4 is 17.2 Å². The maximum Gasteiger partial charge on any atom is 0.270 e. The predicted octanol–water partition coefficient (Wildman–Crippen LogP) is 3.71. The molecule has 4 nitrogen and oxygen atoms in total. The summed E-state index contributed by atoms with van der Waals surface area (Å²) in [6.07, 6.45) is 7.99. The highest BCUT2D eigenvalue weighted by Crippen LogP contribution is 2.25. The fourth-order valence-electron chi connectivity index (χ4n) is 2.61. The van der Waals surface area contributed by atoms with Gasteiger partial charge in [-0.1, -0.05) is 19.3 Å². The number of nitrogens with zero attached hydrogens (tertiary/aromatic N) is 1. The Kier molecular flexibility index (Phi) is 4.16. The van der Waals surface area contributed by atoms with Crippen LogP contribution in [0.25, 0.3) is 10.8 Å². The molecule has 1 amide bonds. The first-order valence-corrected chi connectivity index (χ1v) is 7.98. The molecule has 20 heavy (non-hydrogen) atoms. The predicted molar refractivity (Wildman–Crippen MR) is 78.7 cm³/mol. The van der Waals surface area contributed by atoms with Crippen molar-refractivity contribution in [3.8, 4) is 10.8 Å².